The summed E-state index contributed by atoms with van der Waals surface area (Å²) in [7, 11) is 1.27. The molecule has 1 fully saturated rings. The number of rotatable bonds is 3. The van der Waals surface area contributed by atoms with Gasteiger partial charge in [0, 0.05) is 24.0 Å². The number of halogens is 1. The lowest BCUT2D eigenvalue weighted by molar-refractivity contribution is -0.117. The van der Waals surface area contributed by atoms with Gasteiger partial charge in [0.2, 0.25) is 5.91 Å². The van der Waals surface area contributed by atoms with E-state index in [1.165, 1.54) is 13.2 Å². The second-order valence-electron chi connectivity index (χ2n) is 4.56. The highest BCUT2D eigenvalue weighted by molar-refractivity contribution is 9.09. The summed E-state index contributed by atoms with van der Waals surface area (Å²) in [6, 6.07) is 6.71. The molecule has 1 amide bonds. The number of hydrogen-bond donors (Lipinski definition) is 0. The Kier molecular flexibility index (Phi) is 4.40. The quantitative estimate of drug-likeness (QED) is 0.626. The second-order valence-corrected chi connectivity index (χ2v) is 5.21. The fourth-order valence-electron chi connectivity index (χ4n) is 2.22. The third-order valence-electron chi connectivity index (χ3n) is 3.26. The number of carbonyl (C=O) groups is 2. The molecule has 0 bridgehead atoms. The number of hydrogen-bond acceptors (Lipinski definition) is 4. The topological polar surface area (TPSA) is 70.4 Å². The predicted molar refractivity (Wildman–Crippen MR) is 76.8 cm³/mol. The Hall–Kier alpha value is -1.87. The van der Waals surface area contributed by atoms with Gasteiger partial charge in [-0.3, -0.25) is 4.79 Å². The van der Waals surface area contributed by atoms with Gasteiger partial charge in [0.1, 0.15) is 6.07 Å². The number of methoxy groups -OCH3 is 1. The molecule has 1 unspecified atom stereocenters. The van der Waals surface area contributed by atoms with Crippen molar-refractivity contribution in [2.45, 2.75) is 6.42 Å². The smallest absolute Gasteiger partial charge is 0.339 e. The summed E-state index contributed by atoms with van der Waals surface area (Å²) in [5.74, 6) is -0.253. The number of esters is 1. The summed E-state index contributed by atoms with van der Waals surface area (Å²) in [5.41, 5.74) is 1.06. The third-order valence-corrected chi connectivity index (χ3v) is 4.18. The highest BCUT2D eigenvalue weighted by Gasteiger charge is 2.30. The van der Waals surface area contributed by atoms with Crippen molar-refractivity contribution in [2.24, 2.45) is 5.92 Å². The minimum absolute atomic E-state index is 0.0316. The Labute approximate surface area is 125 Å². The van der Waals surface area contributed by atoms with Crippen LogP contribution >= 0.6 is 15.9 Å². The number of nitrogens with zero attached hydrogens (tertiary/aromatic N) is 2. The van der Waals surface area contributed by atoms with Crippen molar-refractivity contribution < 1.29 is 14.3 Å². The van der Waals surface area contributed by atoms with Crippen LogP contribution in [0.15, 0.2) is 18.2 Å². The predicted octanol–water partition coefficient (Wildman–Crippen LogP) is 2.09. The Morgan fingerprint density at radius 2 is 2.35 bits per heavy atom. The minimum atomic E-state index is -0.556. The molecule has 0 aliphatic carbocycles. The molecule has 1 saturated heterocycles. The van der Waals surface area contributed by atoms with Crippen LogP contribution in [0.1, 0.15) is 22.3 Å². The van der Waals surface area contributed by atoms with Crippen LogP contribution in [0.2, 0.25) is 0 Å². The number of alkyl halides is 1. The molecule has 6 heteroatoms. The SMILES string of the molecule is COC(=O)c1ccc(N2CC(CBr)CC2=O)cc1C#N. The van der Waals surface area contributed by atoms with Gasteiger partial charge in [-0.05, 0) is 24.1 Å². The van der Waals surface area contributed by atoms with E-state index in [4.69, 9.17) is 5.26 Å². The lowest BCUT2D eigenvalue weighted by atomic mass is 10.1. The molecule has 5 nitrogen and oxygen atoms in total. The maximum absolute atomic E-state index is 11.9. The van der Waals surface area contributed by atoms with Crippen molar-refractivity contribution in [3.63, 3.8) is 0 Å². The lowest BCUT2D eigenvalue weighted by Crippen LogP contribution is -2.25. The molecule has 0 spiro atoms. The molecule has 0 N–H and O–H groups in total. The molecule has 1 aromatic carbocycles. The largest absolute Gasteiger partial charge is 0.465 e. The summed E-state index contributed by atoms with van der Waals surface area (Å²) in [6.07, 6.45) is 0.492. The lowest BCUT2D eigenvalue weighted by Gasteiger charge is -2.17. The van der Waals surface area contributed by atoms with Crippen LogP contribution in [0, 0.1) is 17.2 Å². The molecule has 20 heavy (non-hydrogen) atoms. The Morgan fingerprint density at radius 3 is 2.90 bits per heavy atom. The van der Waals surface area contributed by atoms with E-state index in [0.29, 0.717) is 18.7 Å². The van der Waals surface area contributed by atoms with Crippen LogP contribution in [0.25, 0.3) is 0 Å². The summed E-state index contributed by atoms with van der Waals surface area (Å²) in [6.45, 7) is 0.618. The van der Waals surface area contributed by atoms with Crippen molar-refractivity contribution in [1.82, 2.24) is 0 Å². The van der Waals surface area contributed by atoms with E-state index in [-0.39, 0.29) is 23.0 Å². The average molecular weight is 337 g/mol. The van der Waals surface area contributed by atoms with Gasteiger partial charge in [0.25, 0.3) is 0 Å². The van der Waals surface area contributed by atoms with Crippen LogP contribution in [0.4, 0.5) is 5.69 Å². The van der Waals surface area contributed by atoms with Crippen molar-refractivity contribution in [1.29, 1.82) is 5.26 Å². The van der Waals surface area contributed by atoms with Crippen molar-refractivity contribution >= 4 is 33.5 Å². The van der Waals surface area contributed by atoms with E-state index in [9.17, 15) is 9.59 Å². The zero-order valence-corrected chi connectivity index (χ0v) is 12.5. The first-order valence-electron chi connectivity index (χ1n) is 6.09. The molecule has 1 aliphatic heterocycles. The minimum Gasteiger partial charge on any atom is -0.465 e. The number of anilines is 1. The monoisotopic (exact) mass is 336 g/mol. The van der Waals surface area contributed by atoms with Gasteiger partial charge in [-0.2, -0.15) is 5.26 Å². The standard InChI is InChI=1S/C14H13BrN2O3/c1-20-14(19)12-3-2-11(5-10(12)7-16)17-8-9(6-15)4-13(17)18/h2-3,5,9H,4,6,8H2,1H3. The van der Waals surface area contributed by atoms with Crippen LogP contribution < -0.4 is 4.90 Å². The van der Waals surface area contributed by atoms with Crippen LogP contribution in [-0.4, -0.2) is 30.9 Å². The number of benzene rings is 1. The van der Waals surface area contributed by atoms with Crippen molar-refractivity contribution in [2.75, 3.05) is 23.9 Å². The van der Waals surface area contributed by atoms with Gasteiger partial charge < -0.3 is 9.64 Å². The highest BCUT2D eigenvalue weighted by Crippen LogP contribution is 2.27. The highest BCUT2D eigenvalue weighted by atomic mass is 79.9. The molecule has 2 rings (SSSR count). The van der Waals surface area contributed by atoms with E-state index >= 15 is 0 Å². The molecule has 0 aromatic heterocycles. The van der Waals surface area contributed by atoms with Gasteiger partial charge in [-0.1, -0.05) is 15.9 Å². The van der Waals surface area contributed by atoms with Gasteiger partial charge in [-0.25, -0.2) is 4.79 Å². The zero-order valence-electron chi connectivity index (χ0n) is 10.9. The maximum atomic E-state index is 11.9. The molecule has 1 aliphatic rings. The molecule has 1 heterocycles. The fourth-order valence-corrected chi connectivity index (χ4v) is 2.65. The Bertz CT molecular complexity index is 595. The third kappa shape index (κ3) is 2.68. The van der Waals surface area contributed by atoms with Gasteiger partial charge in [0.05, 0.1) is 18.2 Å². The molecule has 104 valence electrons. The number of carbonyl (C=O) groups excluding carboxylic acids is 2. The van der Waals surface area contributed by atoms with Crippen molar-refractivity contribution in [3.8, 4) is 6.07 Å². The first-order valence-corrected chi connectivity index (χ1v) is 7.21. The number of nitriles is 1. The van der Waals surface area contributed by atoms with Crippen LogP contribution in [0.3, 0.4) is 0 Å². The van der Waals surface area contributed by atoms with E-state index in [2.05, 4.69) is 20.7 Å². The van der Waals surface area contributed by atoms with Crippen LogP contribution in [-0.2, 0) is 9.53 Å². The molecule has 1 aromatic rings. The van der Waals surface area contributed by atoms with Crippen molar-refractivity contribution in [3.05, 3.63) is 29.3 Å². The normalized spacial score (nSPS) is 17.9. The molecule has 1 atom stereocenters. The van der Waals surface area contributed by atoms with E-state index < -0.39 is 5.97 Å². The Balaban J connectivity index is 2.34. The second kappa shape index (κ2) is 6.06. The van der Waals surface area contributed by atoms with Crippen LogP contribution in [0.5, 0.6) is 0 Å². The number of amides is 1. The fraction of sp³-hybridized carbons (Fsp3) is 0.357. The molecular weight excluding hydrogens is 324 g/mol. The van der Waals surface area contributed by atoms with E-state index in [1.807, 2.05) is 6.07 Å². The first-order chi connectivity index (χ1) is 9.60. The van der Waals surface area contributed by atoms with E-state index in [0.717, 1.165) is 5.33 Å². The molecule has 0 saturated carbocycles. The van der Waals surface area contributed by atoms with E-state index in [1.54, 1.807) is 17.0 Å². The number of ether oxygens (including phenoxy) is 1. The summed E-state index contributed by atoms with van der Waals surface area (Å²) < 4.78 is 4.62. The summed E-state index contributed by atoms with van der Waals surface area (Å²) >= 11 is 3.38. The van der Waals surface area contributed by atoms with Gasteiger partial charge in [0.15, 0.2) is 0 Å². The maximum Gasteiger partial charge on any atom is 0.339 e. The Morgan fingerprint density at radius 1 is 1.60 bits per heavy atom. The zero-order chi connectivity index (χ0) is 14.7. The van der Waals surface area contributed by atoms with Gasteiger partial charge in [-0.15, -0.1) is 0 Å². The van der Waals surface area contributed by atoms with Gasteiger partial charge >= 0.3 is 5.97 Å². The summed E-state index contributed by atoms with van der Waals surface area (Å²) in [5, 5.41) is 9.89. The summed E-state index contributed by atoms with van der Waals surface area (Å²) in [4.78, 5) is 25.1. The first kappa shape index (κ1) is 14.5. The molecular formula is C14H13BrN2O3. The molecule has 0 radical (unpaired) electrons. The average Bonchev–Trinajstić information content (AvgIpc) is 2.86.